The van der Waals surface area contributed by atoms with Crippen LogP contribution in [0.3, 0.4) is 0 Å². The third-order valence-corrected chi connectivity index (χ3v) is 3.06. The molecule has 2 atom stereocenters. The number of rotatable bonds is 4. The fraction of sp³-hybridized carbons (Fsp3) is 0.727. The van der Waals surface area contributed by atoms with E-state index in [1.165, 1.54) is 0 Å². The van der Waals surface area contributed by atoms with Crippen LogP contribution in [0.5, 0.6) is 0 Å². The molecule has 1 aliphatic heterocycles. The Bertz CT molecular complexity index is 305. The average Bonchev–Trinajstić information content (AvgIpc) is 2.85. The lowest BCUT2D eigenvalue weighted by Crippen LogP contribution is -2.38. The Labute approximate surface area is 90.6 Å². The molecule has 1 N–H and O–H groups in total. The maximum atomic E-state index is 5.41. The molecule has 1 aliphatic rings. The number of likely N-dealkylation sites (N-methyl/N-ethyl adjacent to an activating group) is 1. The number of aryl methyl sites for hydroxylation is 1. The molecule has 4 nitrogen and oxygen atoms in total. The van der Waals surface area contributed by atoms with Crippen molar-refractivity contribution < 1.29 is 4.74 Å². The van der Waals surface area contributed by atoms with Crippen molar-refractivity contribution in [2.75, 3.05) is 20.3 Å². The van der Waals surface area contributed by atoms with Crippen LogP contribution in [0.1, 0.15) is 12.1 Å². The van der Waals surface area contributed by atoms with Crippen molar-refractivity contribution in [3.63, 3.8) is 0 Å². The highest BCUT2D eigenvalue weighted by molar-refractivity contribution is 4.95. The van der Waals surface area contributed by atoms with Gasteiger partial charge in [-0.25, -0.2) is 0 Å². The lowest BCUT2D eigenvalue weighted by molar-refractivity contribution is 0.174. The molecule has 0 aromatic carbocycles. The molecule has 0 amide bonds. The fourth-order valence-corrected chi connectivity index (χ4v) is 2.11. The number of nitrogens with zero attached hydrogens (tertiary/aromatic N) is 2. The van der Waals surface area contributed by atoms with Crippen LogP contribution in [0.25, 0.3) is 0 Å². The van der Waals surface area contributed by atoms with Crippen LogP contribution in [0, 0.1) is 12.8 Å². The van der Waals surface area contributed by atoms with Gasteiger partial charge in [-0.15, -0.1) is 0 Å². The average molecular weight is 209 g/mol. The summed E-state index contributed by atoms with van der Waals surface area (Å²) < 4.78 is 7.42. The maximum Gasteiger partial charge on any atom is 0.0593 e. The van der Waals surface area contributed by atoms with Gasteiger partial charge in [-0.3, -0.25) is 4.68 Å². The summed E-state index contributed by atoms with van der Waals surface area (Å²) in [4.78, 5) is 0. The number of nitrogens with one attached hydrogen (secondary N) is 1. The van der Waals surface area contributed by atoms with E-state index < -0.39 is 0 Å². The first kappa shape index (κ1) is 10.6. The van der Waals surface area contributed by atoms with Gasteiger partial charge >= 0.3 is 0 Å². The van der Waals surface area contributed by atoms with Crippen molar-refractivity contribution in [1.82, 2.24) is 15.1 Å². The van der Waals surface area contributed by atoms with E-state index in [1.54, 1.807) is 0 Å². The molecule has 1 fully saturated rings. The van der Waals surface area contributed by atoms with Crippen LogP contribution >= 0.6 is 0 Å². The van der Waals surface area contributed by atoms with E-state index in [4.69, 9.17) is 4.74 Å². The molecule has 1 aromatic rings. The van der Waals surface area contributed by atoms with E-state index in [0.29, 0.717) is 12.0 Å². The molecule has 0 radical (unpaired) electrons. The number of hydrogen-bond acceptors (Lipinski definition) is 3. The standard InChI is InChI=1S/C11H19N3O/c1-9-3-5-14(13-9)7-11(12-2)10-4-6-15-8-10/h3,5,10-12H,4,6-8H2,1-2H3. The molecular weight excluding hydrogens is 190 g/mol. The number of aromatic nitrogens is 2. The molecule has 1 aromatic heterocycles. The van der Waals surface area contributed by atoms with Crippen molar-refractivity contribution in [2.24, 2.45) is 5.92 Å². The van der Waals surface area contributed by atoms with E-state index in [1.807, 2.05) is 30.9 Å². The highest BCUT2D eigenvalue weighted by Crippen LogP contribution is 2.17. The second-order valence-corrected chi connectivity index (χ2v) is 4.20. The van der Waals surface area contributed by atoms with Gasteiger partial charge in [-0.2, -0.15) is 5.10 Å². The van der Waals surface area contributed by atoms with Crippen molar-refractivity contribution in [3.8, 4) is 0 Å². The minimum Gasteiger partial charge on any atom is -0.381 e. The Morgan fingerprint density at radius 1 is 1.73 bits per heavy atom. The summed E-state index contributed by atoms with van der Waals surface area (Å²) in [6, 6.07) is 2.50. The minimum atomic E-state index is 0.465. The number of ether oxygens (including phenoxy) is 1. The molecule has 2 heterocycles. The minimum absolute atomic E-state index is 0.465. The molecule has 15 heavy (non-hydrogen) atoms. The first-order chi connectivity index (χ1) is 7.29. The van der Waals surface area contributed by atoms with Crippen molar-refractivity contribution in [3.05, 3.63) is 18.0 Å². The summed E-state index contributed by atoms with van der Waals surface area (Å²) in [5.74, 6) is 0.625. The van der Waals surface area contributed by atoms with Gasteiger partial charge in [0, 0.05) is 24.8 Å². The Morgan fingerprint density at radius 2 is 2.60 bits per heavy atom. The van der Waals surface area contributed by atoms with Gasteiger partial charge in [-0.05, 0) is 26.5 Å². The zero-order valence-electron chi connectivity index (χ0n) is 9.44. The zero-order valence-corrected chi connectivity index (χ0v) is 9.44. The SMILES string of the molecule is CNC(Cn1ccc(C)n1)C1CCOC1. The van der Waals surface area contributed by atoms with Gasteiger partial charge in [0.1, 0.15) is 0 Å². The first-order valence-corrected chi connectivity index (χ1v) is 5.54. The largest absolute Gasteiger partial charge is 0.381 e. The monoisotopic (exact) mass is 209 g/mol. The van der Waals surface area contributed by atoms with Crippen LogP contribution in [-0.2, 0) is 11.3 Å². The smallest absolute Gasteiger partial charge is 0.0593 e. The summed E-state index contributed by atoms with van der Waals surface area (Å²) in [5.41, 5.74) is 1.08. The van der Waals surface area contributed by atoms with Crippen LogP contribution < -0.4 is 5.32 Å². The van der Waals surface area contributed by atoms with Gasteiger partial charge in [-0.1, -0.05) is 0 Å². The quantitative estimate of drug-likeness (QED) is 0.798. The molecule has 84 valence electrons. The molecule has 1 saturated heterocycles. The van der Waals surface area contributed by atoms with Gasteiger partial charge in [0.15, 0.2) is 0 Å². The van der Waals surface area contributed by atoms with E-state index >= 15 is 0 Å². The lowest BCUT2D eigenvalue weighted by Gasteiger charge is -2.21. The predicted octanol–water partition coefficient (Wildman–Crippen LogP) is 0.816. The Morgan fingerprint density at radius 3 is 3.13 bits per heavy atom. The maximum absolute atomic E-state index is 5.41. The van der Waals surface area contributed by atoms with Crippen LogP contribution in [0.4, 0.5) is 0 Å². The summed E-state index contributed by atoms with van der Waals surface area (Å²) in [7, 11) is 2.01. The molecule has 2 unspecified atom stereocenters. The molecular formula is C11H19N3O. The highest BCUT2D eigenvalue weighted by Gasteiger charge is 2.24. The second kappa shape index (κ2) is 4.77. The van der Waals surface area contributed by atoms with Crippen LogP contribution in [0.15, 0.2) is 12.3 Å². The normalized spacial score (nSPS) is 23.2. The van der Waals surface area contributed by atoms with Crippen LogP contribution in [-0.4, -0.2) is 36.1 Å². The van der Waals surface area contributed by atoms with E-state index in [9.17, 15) is 0 Å². The third-order valence-electron chi connectivity index (χ3n) is 3.06. The summed E-state index contributed by atoms with van der Waals surface area (Å²) in [6.45, 7) is 4.73. The molecule has 0 aliphatic carbocycles. The molecule has 0 spiro atoms. The molecule has 4 heteroatoms. The Kier molecular flexibility index (Phi) is 3.38. The Hall–Kier alpha value is -0.870. The Balaban J connectivity index is 1.95. The van der Waals surface area contributed by atoms with E-state index in [-0.39, 0.29) is 0 Å². The number of hydrogen-bond donors (Lipinski definition) is 1. The van der Waals surface area contributed by atoms with Gasteiger partial charge in [0.2, 0.25) is 0 Å². The van der Waals surface area contributed by atoms with E-state index in [2.05, 4.69) is 10.4 Å². The zero-order chi connectivity index (χ0) is 10.7. The summed E-state index contributed by atoms with van der Waals surface area (Å²) >= 11 is 0. The van der Waals surface area contributed by atoms with Crippen molar-refractivity contribution in [1.29, 1.82) is 0 Å². The van der Waals surface area contributed by atoms with Gasteiger partial charge in [0.05, 0.1) is 18.8 Å². The van der Waals surface area contributed by atoms with E-state index in [0.717, 1.165) is 31.9 Å². The molecule has 0 saturated carbocycles. The molecule has 0 bridgehead atoms. The molecule has 2 rings (SSSR count). The summed E-state index contributed by atoms with van der Waals surface area (Å²) in [6.07, 6.45) is 3.20. The fourth-order valence-electron chi connectivity index (χ4n) is 2.11. The highest BCUT2D eigenvalue weighted by atomic mass is 16.5. The van der Waals surface area contributed by atoms with Gasteiger partial charge in [0.25, 0.3) is 0 Å². The first-order valence-electron chi connectivity index (χ1n) is 5.54. The third kappa shape index (κ3) is 2.58. The summed E-state index contributed by atoms with van der Waals surface area (Å²) in [5, 5.41) is 7.77. The predicted molar refractivity (Wildman–Crippen MR) is 58.7 cm³/mol. The van der Waals surface area contributed by atoms with Crippen molar-refractivity contribution >= 4 is 0 Å². The van der Waals surface area contributed by atoms with Crippen molar-refractivity contribution in [2.45, 2.75) is 25.9 Å². The van der Waals surface area contributed by atoms with Crippen LogP contribution in [0.2, 0.25) is 0 Å². The van der Waals surface area contributed by atoms with Gasteiger partial charge < -0.3 is 10.1 Å². The topological polar surface area (TPSA) is 39.1 Å². The lowest BCUT2D eigenvalue weighted by atomic mass is 9.99. The second-order valence-electron chi connectivity index (χ2n) is 4.20.